The third-order valence-electron chi connectivity index (χ3n) is 6.19. The smallest absolute Gasteiger partial charge is 0.255 e. The van der Waals surface area contributed by atoms with Crippen molar-refractivity contribution in [2.24, 2.45) is 5.92 Å². The molecule has 1 aliphatic carbocycles. The number of aromatic nitrogens is 2. The van der Waals surface area contributed by atoms with Gasteiger partial charge in [0.1, 0.15) is 5.82 Å². The third-order valence-corrected chi connectivity index (χ3v) is 6.19. The quantitative estimate of drug-likeness (QED) is 0.809. The second-order valence-electron chi connectivity index (χ2n) is 8.21. The third kappa shape index (κ3) is 3.73. The van der Waals surface area contributed by atoms with Gasteiger partial charge < -0.3 is 14.4 Å². The van der Waals surface area contributed by atoms with Crippen LogP contribution in [0.15, 0.2) is 36.7 Å². The van der Waals surface area contributed by atoms with Crippen LogP contribution in [0.5, 0.6) is 0 Å². The SMILES string of the molecule is CN(C)c1ccccc1C(=O)N1CCC(c2nccn2CC2CCC2)CC1. The van der Waals surface area contributed by atoms with Crippen LogP contribution in [0.2, 0.25) is 0 Å². The highest BCUT2D eigenvalue weighted by Crippen LogP contribution is 2.32. The highest BCUT2D eigenvalue weighted by molar-refractivity contribution is 5.99. The molecular weight excluding hydrogens is 336 g/mol. The molecule has 2 fully saturated rings. The van der Waals surface area contributed by atoms with Crippen LogP contribution < -0.4 is 4.90 Å². The van der Waals surface area contributed by atoms with E-state index in [1.807, 2.05) is 54.4 Å². The Morgan fingerprint density at radius 2 is 1.89 bits per heavy atom. The molecule has 5 nitrogen and oxygen atoms in total. The summed E-state index contributed by atoms with van der Waals surface area (Å²) >= 11 is 0. The molecule has 1 amide bonds. The molecule has 0 atom stereocenters. The molecule has 27 heavy (non-hydrogen) atoms. The standard InChI is InChI=1S/C22H30N4O/c1-24(2)20-9-4-3-8-19(20)22(27)25-13-10-18(11-14-25)21-23-12-15-26(21)16-17-6-5-7-17/h3-4,8-9,12,15,17-18H,5-7,10-11,13-14,16H2,1-2H3. The average Bonchev–Trinajstić information content (AvgIpc) is 3.12. The Kier molecular flexibility index (Phi) is 5.19. The number of carbonyl (C=O) groups excluding carboxylic acids is 1. The minimum absolute atomic E-state index is 0.149. The van der Waals surface area contributed by atoms with Gasteiger partial charge in [-0.1, -0.05) is 18.6 Å². The topological polar surface area (TPSA) is 41.4 Å². The molecule has 0 N–H and O–H groups in total. The van der Waals surface area contributed by atoms with Crippen LogP contribution in [0.3, 0.4) is 0 Å². The lowest BCUT2D eigenvalue weighted by atomic mass is 9.85. The minimum Gasteiger partial charge on any atom is -0.377 e. The second-order valence-corrected chi connectivity index (χ2v) is 8.21. The number of benzene rings is 1. The number of carbonyl (C=O) groups is 1. The Bertz CT molecular complexity index is 785. The molecule has 0 spiro atoms. The van der Waals surface area contributed by atoms with E-state index in [0.717, 1.165) is 49.6 Å². The lowest BCUT2D eigenvalue weighted by Gasteiger charge is -2.33. The van der Waals surface area contributed by atoms with E-state index in [4.69, 9.17) is 0 Å². The summed E-state index contributed by atoms with van der Waals surface area (Å²) in [5.41, 5.74) is 1.79. The number of imidazole rings is 1. The number of hydrogen-bond donors (Lipinski definition) is 0. The van der Waals surface area contributed by atoms with E-state index in [2.05, 4.69) is 15.7 Å². The normalized spacial score (nSPS) is 18.4. The number of nitrogens with zero attached hydrogens (tertiary/aromatic N) is 4. The molecule has 0 bridgehead atoms. The van der Waals surface area contributed by atoms with Crippen LogP contribution in [-0.2, 0) is 6.54 Å². The summed E-state index contributed by atoms with van der Waals surface area (Å²) < 4.78 is 2.37. The molecule has 1 aromatic carbocycles. The number of hydrogen-bond acceptors (Lipinski definition) is 3. The van der Waals surface area contributed by atoms with Gasteiger partial charge in [0.25, 0.3) is 5.91 Å². The zero-order chi connectivity index (χ0) is 18.8. The van der Waals surface area contributed by atoms with Crippen molar-refractivity contribution in [3.63, 3.8) is 0 Å². The monoisotopic (exact) mass is 366 g/mol. The van der Waals surface area contributed by atoms with Crippen molar-refractivity contribution in [2.45, 2.75) is 44.6 Å². The van der Waals surface area contributed by atoms with Crippen LogP contribution in [0, 0.1) is 5.92 Å². The number of likely N-dealkylation sites (tertiary alicyclic amines) is 1. The Morgan fingerprint density at radius 3 is 2.56 bits per heavy atom. The number of piperidine rings is 1. The molecule has 4 rings (SSSR count). The summed E-state index contributed by atoms with van der Waals surface area (Å²) in [7, 11) is 3.97. The van der Waals surface area contributed by atoms with Gasteiger partial charge in [0.05, 0.1) is 5.56 Å². The summed E-state index contributed by atoms with van der Waals surface area (Å²) in [6.45, 7) is 2.73. The fourth-order valence-corrected chi connectivity index (χ4v) is 4.34. The molecule has 144 valence electrons. The maximum atomic E-state index is 13.1. The van der Waals surface area contributed by atoms with Crippen molar-refractivity contribution in [3.8, 4) is 0 Å². The van der Waals surface area contributed by atoms with E-state index >= 15 is 0 Å². The first-order valence-electron chi connectivity index (χ1n) is 10.2. The molecule has 5 heteroatoms. The van der Waals surface area contributed by atoms with Gasteiger partial charge in [0.2, 0.25) is 0 Å². The van der Waals surface area contributed by atoms with E-state index in [0.29, 0.717) is 5.92 Å². The van der Waals surface area contributed by atoms with Crippen molar-refractivity contribution in [3.05, 3.63) is 48.0 Å². The maximum absolute atomic E-state index is 13.1. The molecule has 1 saturated heterocycles. The molecule has 2 heterocycles. The Balaban J connectivity index is 1.41. The lowest BCUT2D eigenvalue weighted by molar-refractivity contribution is 0.0710. The Labute approximate surface area is 162 Å². The van der Waals surface area contributed by atoms with Crippen molar-refractivity contribution in [1.82, 2.24) is 14.5 Å². The van der Waals surface area contributed by atoms with Crippen LogP contribution in [0.1, 0.15) is 54.2 Å². The first-order chi connectivity index (χ1) is 13.1. The summed E-state index contributed by atoms with van der Waals surface area (Å²) in [5, 5.41) is 0. The van der Waals surface area contributed by atoms with E-state index < -0.39 is 0 Å². The van der Waals surface area contributed by atoms with Gasteiger partial charge in [0, 0.05) is 57.7 Å². The predicted molar refractivity (Wildman–Crippen MR) is 108 cm³/mol. The maximum Gasteiger partial charge on any atom is 0.255 e. The lowest BCUT2D eigenvalue weighted by Crippen LogP contribution is -2.39. The van der Waals surface area contributed by atoms with E-state index in [9.17, 15) is 4.79 Å². The van der Waals surface area contributed by atoms with Crippen LogP contribution in [0.25, 0.3) is 0 Å². The van der Waals surface area contributed by atoms with Crippen LogP contribution >= 0.6 is 0 Å². The second kappa shape index (κ2) is 7.75. The first-order valence-corrected chi connectivity index (χ1v) is 10.2. The highest BCUT2D eigenvalue weighted by Gasteiger charge is 2.29. The van der Waals surface area contributed by atoms with Gasteiger partial charge in [-0.15, -0.1) is 0 Å². The van der Waals surface area contributed by atoms with Crippen LogP contribution in [-0.4, -0.2) is 47.5 Å². The van der Waals surface area contributed by atoms with Crippen molar-refractivity contribution in [1.29, 1.82) is 0 Å². The molecule has 0 unspecified atom stereocenters. The van der Waals surface area contributed by atoms with E-state index in [1.165, 1.54) is 25.1 Å². The largest absolute Gasteiger partial charge is 0.377 e. The predicted octanol–water partition coefficient (Wildman–Crippen LogP) is 3.77. The van der Waals surface area contributed by atoms with Gasteiger partial charge in [-0.2, -0.15) is 0 Å². The summed E-state index contributed by atoms with van der Waals surface area (Å²) in [6, 6.07) is 7.89. The Hall–Kier alpha value is -2.30. The molecule has 1 aliphatic heterocycles. The molecular formula is C22H30N4O. The zero-order valence-corrected chi connectivity index (χ0v) is 16.5. The Morgan fingerprint density at radius 1 is 1.15 bits per heavy atom. The number of anilines is 1. The van der Waals surface area contributed by atoms with E-state index in [1.54, 1.807) is 0 Å². The summed E-state index contributed by atoms with van der Waals surface area (Å²) in [5.74, 6) is 2.67. The molecule has 0 radical (unpaired) electrons. The molecule has 1 aromatic heterocycles. The van der Waals surface area contributed by atoms with Gasteiger partial charge in [-0.25, -0.2) is 4.98 Å². The first kappa shape index (κ1) is 18.1. The van der Waals surface area contributed by atoms with Crippen molar-refractivity contribution < 1.29 is 4.79 Å². The zero-order valence-electron chi connectivity index (χ0n) is 16.5. The number of amides is 1. The minimum atomic E-state index is 0.149. The van der Waals surface area contributed by atoms with Gasteiger partial charge in [0.15, 0.2) is 0 Å². The van der Waals surface area contributed by atoms with Gasteiger partial charge in [-0.05, 0) is 43.7 Å². The average molecular weight is 367 g/mol. The van der Waals surface area contributed by atoms with Crippen LogP contribution in [0.4, 0.5) is 5.69 Å². The molecule has 2 aliphatic rings. The van der Waals surface area contributed by atoms with Gasteiger partial charge in [-0.3, -0.25) is 4.79 Å². The van der Waals surface area contributed by atoms with Crippen molar-refractivity contribution >= 4 is 11.6 Å². The summed E-state index contributed by atoms with van der Waals surface area (Å²) in [4.78, 5) is 21.7. The van der Waals surface area contributed by atoms with E-state index in [-0.39, 0.29) is 5.91 Å². The molecule has 2 aromatic rings. The van der Waals surface area contributed by atoms with Crippen molar-refractivity contribution in [2.75, 3.05) is 32.1 Å². The number of rotatable bonds is 5. The molecule has 1 saturated carbocycles. The summed E-state index contributed by atoms with van der Waals surface area (Å²) in [6.07, 6.45) is 10.2. The highest BCUT2D eigenvalue weighted by atomic mass is 16.2. The fourth-order valence-electron chi connectivity index (χ4n) is 4.34. The fraction of sp³-hybridized carbons (Fsp3) is 0.545. The number of para-hydroxylation sites is 1. The van der Waals surface area contributed by atoms with Gasteiger partial charge >= 0.3 is 0 Å².